The van der Waals surface area contributed by atoms with Gasteiger partial charge in [-0.2, -0.15) is 0 Å². The smallest absolute Gasteiger partial charge is 0.191 e. The molecule has 6 rings (SSSR count). The van der Waals surface area contributed by atoms with E-state index in [0.717, 1.165) is 12.5 Å². The number of hydrogen-bond donors (Lipinski definition) is 3. The molecule has 0 aromatic heterocycles. The molecule has 2 saturated carbocycles. The monoisotopic (exact) mass is 622 g/mol. The molecule has 8 atom stereocenters. The fourth-order valence-electron chi connectivity index (χ4n) is 9.18. The highest BCUT2D eigenvalue weighted by molar-refractivity contribution is 6.33. The highest BCUT2D eigenvalue weighted by Crippen LogP contribution is 2.67. The van der Waals surface area contributed by atoms with E-state index < -0.39 is 81.0 Å². The van der Waals surface area contributed by atoms with Gasteiger partial charge in [0.05, 0.1) is 17.6 Å². The number of carbonyl (C=O) groups excluding carboxylic acids is 5. The molecule has 0 aliphatic heterocycles. The Morgan fingerprint density at radius 2 is 1.37 bits per heavy atom. The summed E-state index contributed by atoms with van der Waals surface area (Å²) in [7, 11) is 0. The lowest BCUT2D eigenvalue weighted by molar-refractivity contribution is -0.240. The van der Waals surface area contributed by atoms with Gasteiger partial charge in [0.1, 0.15) is 17.5 Å². The number of Topliss-reactive ketones (excluding diaryl/α,β-unsaturated/α-hetero) is 5. The number of fused-ring (bicyclic) bond motifs is 3. The highest BCUT2D eigenvalue weighted by Gasteiger charge is 2.80. The van der Waals surface area contributed by atoms with Crippen molar-refractivity contribution in [3.05, 3.63) is 77.9 Å². The predicted octanol–water partition coefficient (Wildman–Crippen LogP) is 4.96. The van der Waals surface area contributed by atoms with Gasteiger partial charge in [0.2, 0.25) is 0 Å². The van der Waals surface area contributed by atoms with Crippen LogP contribution in [-0.4, -0.2) is 55.9 Å². The molecule has 0 spiro atoms. The first-order valence-electron chi connectivity index (χ1n) is 15.7. The third-order valence-electron chi connectivity index (χ3n) is 11.5. The summed E-state index contributed by atoms with van der Waals surface area (Å²) >= 11 is 0. The highest BCUT2D eigenvalue weighted by atomic mass is 16.3. The second-order valence-corrected chi connectivity index (χ2v) is 14.0. The average molecular weight is 623 g/mol. The van der Waals surface area contributed by atoms with Gasteiger partial charge in [-0.15, -0.1) is 0 Å². The van der Waals surface area contributed by atoms with Crippen molar-refractivity contribution in [1.29, 1.82) is 0 Å². The van der Waals surface area contributed by atoms with Crippen LogP contribution >= 0.6 is 0 Å². The fourth-order valence-corrected chi connectivity index (χ4v) is 9.18. The average Bonchev–Trinajstić information content (AvgIpc) is 3.01. The quantitative estimate of drug-likeness (QED) is 0.346. The first-order valence-corrected chi connectivity index (χ1v) is 15.7. The van der Waals surface area contributed by atoms with Gasteiger partial charge in [-0.1, -0.05) is 95.3 Å². The van der Waals surface area contributed by atoms with Crippen molar-refractivity contribution in [1.82, 2.24) is 0 Å². The third kappa shape index (κ3) is 3.71. The molecular formula is C38H38O8. The maximum atomic E-state index is 14.8. The third-order valence-corrected chi connectivity index (χ3v) is 11.5. The van der Waals surface area contributed by atoms with Crippen LogP contribution in [0.3, 0.4) is 0 Å². The Kier molecular flexibility index (Phi) is 7.15. The number of hydrogen-bond acceptors (Lipinski definition) is 8. The van der Waals surface area contributed by atoms with Gasteiger partial charge in [0, 0.05) is 22.3 Å². The number of phenolic OH excluding ortho intramolecular Hbond substituents is 1. The number of aliphatic hydroxyl groups is 2. The van der Waals surface area contributed by atoms with Gasteiger partial charge in [-0.25, -0.2) is 0 Å². The Balaban J connectivity index is 1.69. The molecule has 0 radical (unpaired) electrons. The molecule has 8 nitrogen and oxygen atoms in total. The van der Waals surface area contributed by atoms with Crippen molar-refractivity contribution in [3.63, 3.8) is 0 Å². The van der Waals surface area contributed by atoms with E-state index in [0.29, 0.717) is 22.3 Å². The fraction of sp³-hybridized carbons (Fsp3) is 0.395. The number of phenols is 1. The lowest BCUT2D eigenvalue weighted by Gasteiger charge is -2.65. The van der Waals surface area contributed by atoms with Crippen LogP contribution in [0.15, 0.2) is 66.7 Å². The first-order chi connectivity index (χ1) is 21.6. The van der Waals surface area contributed by atoms with E-state index in [1.807, 2.05) is 36.4 Å². The van der Waals surface area contributed by atoms with E-state index in [2.05, 4.69) is 0 Å². The molecule has 8 heteroatoms. The van der Waals surface area contributed by atoms with Gasteiger partial charge in [0.25, 0.3) is 0 Å². The Morgan fingerprint density at radius 1 is 0.848 bits per heavy atom. The molecule has 238 valence electrons. The summed E-state index contributed by atoms with van der Waals surface area (Å²) in [5.41, 5.74) is -4.06. The van der Waals surface area contributed by atoms with Crippen molar-refractivity contribution < 1.29 is 39.3 Å². The summed E-state index contributed by atoms with van der Waals surface area (Å²) in [4.78, 5) is 70.2. The first kappa shape index (κ1) is 31.7. The number of aliphatic hydroxyl groups excluding tert-OH is 1. The molecule has 3 aromatic rings. The summed E-state index contributed by atoms with van der Waals surface area (Å²) in [6.07, 6.45) is -1.73. The van der Waals surface area contributed by atoms with Crippen molar-refractivity contribution in [2.75, 3.05) is 0 Å². The minimum absolute atomic E-state index is 0.120. The standard InChI is InChI=1S/C38H38O8/c1-18(2)28-31(41)26(20(4)39)33(43)38(46)34(44)29-32(42)27-25(19(3)36(29,5)35(45)37(28,38)6)23(21-13-9-7-10-14-21)17-24(30(27)40)22-15-11-8-12-16-22/h7-19,26,28-29,35,40,45-46H,1-6H3/t19-,26?,28?,29?,35-,36+,37+,38+/m1/s1. The molecule has 0 amide bonds. The molecular weight excluding hydrogens is 584 g/mol. The molecule has 46 heavy (non-hydrogen) atoms. The topological polar surface area (TPSA) is 146 Å². The van der Waals surface area contributed by atoms with Gasteiger partial charge < -0.3 is 15.3 Å². The Morgan fingerprint density at radius 3 is 1.87 bits per heavy atom. The van der Waals surface area contributed by atoms with E-state index in [1.165, 1.54) is 6.92 Å². The van der Waals surface area contributed by atoms with E-state index >= 15 is 0 Å². The van der Waals surface area contributed by atoms with Crippen LogP contribution in [0.1, 0.15) is 63.4 Å². The van der Waals surface area contributed by atoms with Gasteiger partial charge >= 0.3 is 0 Å². The van der Waals surface area contributed by atoms with E-state index in [4.69, 9.17) is 0 Å². The van der Waals surface area contributed by atoms with E-state index in [1.54, 1.807) is 58.0 Å². The van der Waals surface area contributed by atoms with Crippen LogP contribution in [0.2, 0.25) is 0 Å². The number of ketones is 5. The van der Waals surface area contributed by atoms with Crippen molar-refractivity contribution >= 4 is 28.9 Å². The van der Waals surface area contributed by atoms with Gasteiger partial charge in [0.15, 0.2) is 28.7 Å². The zero-order valence-corrected chi connectivity index (χ0v) is 26.7. The van der Waals surface area contributed by atoms with Crippen molar-refractivity contribution in [3.8, 4) is 28.0 Å². The number of benzene rings is 3. The maximum absolute atomic E-state index is 14.8. The summed E-state index contributed by atoms with van der Waals surface area (Å²) < 4.78 is 0. The molecule has 3 aliphatic rings. The summed E-state index contributed by atoms with van der Waals surface area (Å²) in [6, 6.07) is 20.0. The molecule has 3 aliphatic carbocycles. The number of carbonyl (C=O) groups is 5. The van der Waals surface area contributed by atoms with Crippen LogP contribution in [0.5, 0.6) is 5.75 Å². The number of rotatable bonds is 4. The van der Waals surface area contributed by atoms with E-state index in [-0.39, 0.29) is 11.3 Å². The molecule has 2 fully saturated rings. The lowest BCUT2D eigenvalue weighted by Crippen LogP contribution is -2.82. The zero-order valence-electron chi connectivity index (χ0n) is 26.7. The lowest BCUT2D eigenvalue weighted by atomic mass is 9.37. The molecule has 0 heterocycles. The Bertz CT molecular complexity index is 1830. The zero-order chi connectivity index (χ0) is 33.7. The van der Waals surface area contributed by atoms with E-state index in [9.17, 15) is 39.3 Å². The molecule has 3 unspecified atom stereocenters. The Labute approximate surface area is 267 Å². The minimum Gasteiger partial charge on any atom is -0.507 e. The van der Waals surface area contributed by atoms with Gasteiger partial charge in [-0.3, -0.25) is 24.0 Å². The predicted molar refractivity (Wildman–Crippen MR) is 170 cm³/mol. The van der Waals surface area contributed by atoms with Crippen LogP contribution in [0.25, 0.3) is 22.3 Å². The van der Waals surface area contributed by atoms with Crippen LogP contribution < -0.4 is 0 Å². The molecule has 3 aromatic carbocycles. The molecule has 0 bridgehead atoms. The van der Waals surface area contributed by atoms with Crippen molar-refractivity contribution in [2.24, 2.45) is 34.5 Å². The van der Waals surface area contributed by atoms with Crippen LogP contribution in [0.4, 0.5) is 0 Å². The second-order valence-electron chi connectivity index (χ2n) is 14.0. The normalized spacial score (nSPS) is 33.8. The largest absolute Gasteiger partial charge is 0.507 e. The van der Waals surface area contributed by atoms with Crippen LogP contribution in [-0.2, 0) is 19.2 Å². The maximum Gasteiger partial charge on any atom is 0.191 e. The summed E-state index contributed by atoms with van der Waals surface area (Å²) in [5.74, 6) is -11.5. The second kappa shape index (κ2) is 10.4. The molecule has 3 N–H and O–H groups in total. The van der Waals surface area contributed by atoms with Crippen molar-refractivity contribution in [2.45, 2.75) is 59.2 Å². The number of aromatic hydroxyl groups is 1. The SMILES string of the molecule is CC(=O)C1C(=O)C(C(C)C)[C@@]2(C)[C@H](O)[C@]3(C)C(C(=O)c4c(O)c(-c5ccccc5)cc(-c5ccccc5)c4[C@H]3C)C(=O)[C@@]2(O)C1=O. The molecule has 0 saturated heterocycles. The van der Waals surface area contributed by atoms with Crippen LogP contribution in [0, 0.1) is 34.5 Å². The Hall–Kier alpha value is -4.27. The minimum atomic E-state index is -3.02. The van der Waals surface area contributed by atoms with Gasteiger partial charge in [-0.05, 0) is 47.1 Å². The summed E-state index contributed by atoms with van der Waals surface area (Å²) in [5, 5.41) is 36.7. The summed E-state index contributed by atoms with van der Waals surface area (Å²) in [6.45, 7) is 9.09.